The van der Waals surface area contributed by atoms with Crippen LogP contribution < -0.4 is 16.6 Å². The smallest absolute Gasteiger partial charge is 0.286 e. The molecule has 0 spiro atoms. The highest BCUT2D eigenvalue weighted by atomic mass is 19.1. The molecule has 0 atom stereocenters. The second kappa shape index (κ2) is 7.47. The topological polar surface area (TPSA) is 145 Å². The molecule has 0 saturated carbocycles. The number of primary amides is 1. The number of hydrogen-bond acceptors (Lipinski definition) is 6. The molecule has 1 aromatic carbocycles. The number of amides is 3. The van der Waals surface area contributed by atoms with Gasteiger partial charge in [0.1, 0.15) is 23.5 Å². The fraction of sp³-hybridized carbons (Fsp3) is 0. The van der Waals surface area contributed by atoms with Crippen LogP contribution in [0.1, 0.15) is 31.3 Å². The van der Waals surface area contributed by atoms with Crippen LogP contribution in [0.25, 0.3) is 17.1 Å². The van der Waals surface area contributed by atoms with Crippen LogP contribution in [0, 0.1) is 5.82 Å². The molecule has 0 bridgehead atoms. The zero-order chi connectivity index (χ0) is 21.3. The number of hydrazine groups is 1. The van der Waals surface area contributed by atoms with Crippen molar-refractivity contribution in [1.29, 1.82) is 0 Å². The SMILES string of the molecule is NC(=O)c1ncn2c(C(=O)NNC(=O)c3ccccc3F)cc(-c3ccco3)nc12. The number of rotatable bonds is 4. The van der Waals surface area contributed by atoms with Gasteiger partial charge in [-0.2, -0.15) is 0 Å². The Hall–Kier alpha value is -4.54. The van der Waals surface area contributed by atoms with Crippen molar-refractivity contribution in [3.63, 3.8) is 0 Å². The van der Waals surface area contributed by atoms with Crippen LogP contribution in [0.4, 0.5) is 4.39 Å². The van der Waals surface area contributed by atoms with Crippen molar-refractivity contribution in [3.8, 4) is 11.5 Å². The molecule has 0 unspecified atom stereocenters. The fourth-order valence-electron chi connectivity index (χ4n) is 2.76. The largest absolute Gasteiger partial charge is 0.463 e. The van der Waals surface area contributed by atoms with E-state index in [4.69, 9.17) is 10.2 Å². The molecule has 11 heteroatoms. The highest BCUT2D eigenvalue weighted by Crippen LogP contribution is 2.21. The Morgan fingerprint density at radius 1 is 1.07 bits per heavy atom. The Balaban J connectivity index is 1.69. The molecule has 3 heterocycles. The van der Waals surface area contributed by atoms with E-state index < -0.39 is 23.5 Å². The fourth-order valence-corrected chi connectivity index (χ4v) is 2.76. The number of nitrogens with zero attached hydrogens (tertiary/aromatic N) is 3. The summed E-state index contributed by atoms with van der Waals surface area (Å²) < 4.78 is 20.3. The second-order valence-electron chi connectivity index (χ2n) is 6.04. The van der Waals surface area contributed by atoms with Gasteiger partial charge in [-0.25, -0.2) is 14.4 Å². The summed E-state index contributed by atoms with van der Waals surface area (Å²) in [6.45, 7) is 0. The van der Waals surface area contributed by atoms with Crippen molar-refractivity contribution in [2.24, 2.45) is 5.73 Å². The van der Waals surface area contributed by atoms with E-state index in [2.05, 4.69) is 20.8 Å². The summed E-state index contributed by atoms with van der Waals surface area (Å²) in [5.74, 6) is -2.86. The van der Waals surface area contributed by atoms with Gasteiger partial charge in [0.05, 0.1) is 11.8 Å². The summed E-state index contributed by atoms with van der Waals surface area (Å²) >= 11 is 0. The van der Waals surface area contributed by atoms with Gasteiger partial charge < -0.3 is 10.2 Å². The molecule has 0 saturated heterocycles. The molecular formula is C19H13FN6O4. The van der Waals surface area contributed by atoms with Crippen molar-refractivity contribution < 1.29 is 23.2 Å². The highest BCUT2D eigenvalue weighted by molar-refractivity contribution is 6.01. The number of carbonyl (C=O) groups is 3. The predicted octanol–water partition coefficient (Wildman–Crippen LogP) is 1.30. The van der Waals surface area contributed by atoms with Gasteiger partial charge in [0.25, 0.3) is 17.7 Å². The van der Waals surface area contributed by atoms with Crippen molar-refractivity contribution in [1.82, 2.24) is 25.2 Å². The molecule has 150 valence electrons. The summed E-state index contributed by atoms with van der Waals surface area (Å²) in [5.41, 5.74) is 9.51. The maximum atomic E-state index is 13.7. The molecule has 4 rings (SSSR count). The van der Waals surface area contributed by atoms with Gasteiger partial charge in [0.2, 0.25) is 0 Å². The number of benzene rings is 1. The van der Waals surface area contributed by atoms with Gasteiger partial charge in [-0.3, -0.25) is 29.6 Å². The average Bonchev–Trinajstić information content (AvgIpc) is 3.41. The van der Waals surface area contributed by atoms with E-state index in [9.17, 15) is 18.8 Å². The van der Waals surface area contributed by atoms with Crippen LogP contribution >= 0.6 is 0 Å². The zero-order valence-electron chi connectivity index (χ0n) is 15.1. The van der Waals surface area contributed by atoms with Crippen molar-refractivity contribution in [2.45, 2.75) is 0 Å². The minimum Gasteiger partial charge on any atom is -0.463 e. The second-order valence-corrected chi connectivity index (χ2v) is 6.04. The van der Waals surface area contributed by atoms with E-state index in [0.29, 0.717) is 5.76 Å². The summed E-state index contributed by atoms with van der Waals surface area (Å²) in [6, 6.07) is 9.92. The van der Waals surface area contributed by atoms with Gasteiger partial charge in [-0.1, -0.05) is 12.1 Å². The third-order valence-corrected chi connectivity index (χ3v) is 4.15. The summed E-state index contributed by atoms with van der Waals surface area (Å²) in [7, 11) is 0. The number of furan rings is 1. The van der Waals surface area contributed by atoms with Gasteiger partial charge in [-0.05, 0) is 30.3 Å². The molecule has 30 heavy (non-hydrogen) atoms. The Morgan fingerprint density at radius 2 is 1.83 bits per heavy atom. The van der Waals surface area contributed by atoms with Crippen LogP contribution in [0.2, 0.25) is 0 Å². The lowest BCUT2D eigenvalue weighted by Gasteiger charge is -2.10. The van der Waals surface area contributed by atoms with Gasteiger partial charge >= 0.3 is 0 Å². The van der Waals surface area contributed by atoms with E-state index in [1.54, 1.807) is 12.1 Å². The molecule has 0 aliphatic rings. The Bertz CT molecular complexity index is 1280. The molecule has 3 amide bonds. The number of nitrogens with one attached hydrogen (secondary N) is 2. The zero-order valence-corrected chi connectivity index (χ0v) is 15.1. The number of hydrogen-bond donors (Lipinski definition) is 3. The lowest BCUT2D eigenvalue weighted by atomic mass is 10.2. The lowest BCUT2D eigenvalue weighted by Crippen LogP contribution is -2.42. The third-order valence-electron chi connectivity index (χ3n) is 4.15. The number of carbonyl (C=O) groups excluding carboxylic acids is 3. The number of fused-ring (bicyclic) bond motifs is 1. The normalized spacial score (nSPS) is 10.7. The highest BCUT2D eigenvalue weighted by Gasteiger charge is 2.21. The first-order valence-corrected chi connectivity index (χ1v) is 8.52. The standard InChI is InChI=1S/C19H13FN6O4/c20-11-5-2-1-4-10(11)18(28)24-25-19(29)13-8-12(14-6-3-7-30-14)23-17-15(16(21)27)22-9-26(13)17/h1-9H,(H2,21,27)(H,24,28)(H,25,29). The van der Waals surface area contributed by atoms with Crippen LogP contribution in [-0.2, 0) is 0 Å². The van der Waals surface area contributed by atoms with E-state index >= 15 is 0 Å². The summed E-state index contributed by atoms with van der Waals surface area (Å²) in [5, 5.41) is 0. The molecule has 3 aromatic heterocycles. The first-order chi connectivity index (χ1) is 14.5. The van der Waals surface area contributed by atoms with Crippen LogP contribution in [0.5, 0.6) is 0 Å². The van der Waals surface area contributed by atoms with Gasteiger partial charge in [-0.15, -0.1) is 0 Å². The number of halogens is 1. The minimum atomic E-state index is -0.846. The summed E-state index contributed by atoms with van der Waals surface area (Å²) in [6.07, 6.45) is 2.61. The van der Waals surface area contributed by atoms with E-state index in [0.717, 1.165) is 6.07 Å². The van der Waals surface area contributed by atoms with Crippen LogP contribution in [0.3, 0.4) is 0 Å². The Morgan fingerprint density at radius 3 is 2.53 bits per heavy atom. The summed E-state index contributed by atoms with van der Waals surface area (Å²) in [4.78, 5) is 44.7. The van der Waals surface area contributed by atoms with Crippen LogP contribution in [-0.4, -0.2) is 32.1 Å². The first kappa shape index (κ1) is 18.8. The molecule has 0 radical (unpaired) electrons. The molecule has 10 nitrogen and oxygen atoms in total. The average molecular weight is 408 g/mol. The molecule has 0 fully saturated rings. The minimum absolute atomic E-state index is 0.0276. The van der Waals surface area contributed by atoms with Crippen molar-refractivity contribution in [3.05, 3.63) is 77.8 Å². The van der Waals surface area contributed by atoms with Gasteiger partial charge in [0, 0.05) is 0 Å². The third kappa shape index (κ3) is 3.35. The molecule has 4 N–H and O–H groups in total. The maximum Gasteiger partial charge on any atom is 0.286 e. The first-order valence-electron chi connectivity index (χ1n) is 8.52. The Kier molecular flexibility index (Phi) is 4.68. The lowest BCUT2D eigenvalue weighted by molar-refractivity contribution is 0.0841. The molecule has 0 aliphatic heterocycles. The van der Waals surface area contributed by atoms with Crippen molar-refractivity contribution >= 4 is 23.4 Å². The Labute approximate surface area is 167 Å². The predicted molar refractivity (Wildman–Crippen MR) is 101 cm³/mol. The van der Waals surface area contributed by atoms with E-state index in [1.165, 1.54) is 41.3 Å². The number of aromatic nitrogens is 3. The maximum absolute atomic E-state index is 13.7. The van der Waals surface area contributed by atoms with Gasteiger partial charge in [0.15, 0.2) is 17.1 Å². The molecule has 0 aliphatic carbocycles. The number of imidazole rings is 1. The van der Waals surface area contributed by atoms with E-state index in [-0.39, 0.29) is 28.3 Å². The molecule has 4 aromatic rings. The van der Waals surface area contributed by atoms with E-state index in [1.807, 2.05) is 0 Å². The monoisotopic (exact) mass is 408 g/mol. The molecular weight excluding hydrogens is 395 g/mol. The number of nitrogens with two attached hydrogens (primary N) is 1. The van der Waals surface area contributed by atoms with Crippen LogP contribution in [0.15, 0.2) is 59.5 Å². The quantitative estimate of drug-likeness (QED) is 0.434. The van der Waals surface area contributed by atoms with Crippen molar-refractivity contribution in [2.75, 3.05) is 0 Å².